The Morgan fingerprint density at radius 1 is 1.21 bits per heavy atom. The van der Waals surface area contributed by atoms with E-state index in [1.807, 2.05) is 31.4 Å². The molecule has 0 atom stereocenters. The number of hydrogen-bond acceptors (Lipinski definition) is 7. The standard InChI is InChI=1S/C20H19N5O2S2/c1-4-16-23-24-20(29-16)22-15(26)8-25-10-21-18-17(19(25)27)14(9-28-18)13-6-5-11(2)12(3)7-13/h5-7,9-10H,4,8H2,1-3H3,(H,22,24,26). The molecule has 0 aliphatic rings. The second-order valence-corrected chi connectivity index (χ2v) is 8.63. The number of benzene rings is 1. The van der Waals surface area contributed by atoms with Crippen LogP contribution in [-0.4, -0.2) is 25.7 Å². The summed E-state index contributed by atoms with van der Waals surface area (Å²) in [5.41, 5.74) is 3.95. The molecule has 7 nitrogen and oxygen atoms in total. The van der Waals surface area contributed by atoms with Crippen LogP contribution in [-0.2, 0) is 17.8 Å². The van der Waals surface area contributed by atoms with Crippen LogP contribution in [0.4, 0.5) is 5.13 Å². The summed E-state index contributed by atoms with van der Waals surface area (Å²) in [6.45, 7) is 5.94. The predicted molar refractivity (Wildman–Crippen MR) is 117 cm³/mol. The lowest BCUT2D eigenvalue weighted by molar-refractivity contribution is -0.116. The van der Waals surface area contributed by atoms with Crippen LogP contribution in [0, 0.1) is 13.8 Å². The highest BCUT2D eigenvalue weighted by Crippen LogP contribution is 2.31. The normalized spacial score (nSPS) is 11.1. The lowest BCUT2D eigenvalue weighted by atomic mass is 10.0. The summed E-state index contributed by atoms with van der Waals surface area (Å²) in [5.74, 6) is -0.338. The zero-order valence-electron chi connectivity index (χ0n) is 16.2. The molecule has 4 rings (SSSR count). The summed E-state index contributed by atoms with van der Waals surface area (Å²) < 4.78 is 1.33. The minimum atomic E-state index is -0.338. The zero-order valence-corrected chi connectivity index (χ0v) is 17.9. The van der Waals surface area contributed by atoms with Gasteiger partial charge in [0.25, 0.3) is 5.56 Å². The number of nitrogens with one attached hydrogen (secondary N) is 1. The van der Waals surface area contributed by atoms with Gasteiger partial charge in [-0.05, 0) is 37.0 Å². The minimum Gasteiger partial charge on any atom is -0.299 e. The van der Waals surface area contributed by atoms with Gasteiger partial charge in [-0.2, -0.15) is 0 Å². The smallest absolute Gasteiger partial charge is 0.263 e. The first-order valence-electron chi connectivity index (χ1n) is 9.12. The van der Waals surface area contributed by atoms with E-state index in [9.17, 15) is 9.59 Å². The van der Waals surface area contributed by atoms with Crippen LogP contribution in [0.3, 0.4) is 0 Å². The van der Waals surface area contributed by atoms with Gasteiger partial charge in [0.15, 0.2) is 0 Å². The van der Waals surface area contributed by atoms with Crippen LogP contribution < -0.4 is 10.9 Å². The van der Waals surface area contributed by atoms with Gasteiger partial charge in [-0.15, -0.1) is 21.5 Å². The highest BCUT2D eigenvalue weighted by atomic mass is 32.1. The quantitative estimate of drug-likeness (QED) is 0.525. The van der Waals surface area contributed by atoms with Crippen molar-refractivity contribution in [3.8, 4) is 11.1 Å². The van der Waals surface area contributed by atoms with Gasteiger partial charge in [0.1, 0.15) is 16.4 Å². The van der Waals surface area contributed by atoms with E-state index in [4.69, 9.17) is 0 Å². The van der Waals surface area contributed by atoms with E-state index >= 15 is 0 Å². The maximum absolute atomic E-state index is 13.1. The van der Waals surface area contributed by atoms with Crippen LogP contribution >= 0.6 is 22.7 Å². The van der Waals surface area contributed by atoms with Crippen molar-refractivity contribution in [1.29, 1.82) is 0 Å². The van der Waals surface area contributed by atoms with Crippen molar-refractivity contribution in [3.63, 3.8) is 0 Å². The third-order valence-electron chi connectivity index (χ3n) is 4.71. The van der Waals surface area contributed by atoms with E-state index in [-0.39, 0.29) is 18.0 Å². The molecule has 3 heterocycles. The number of hydrogen-bond donors (Lipinski definition) is 1. The number of amides is 1. The van der Waals surface area contributed by atoms with Gasteiger partial charge in [0.2, 0.25) is 11.0 Å². The Labute approximate surface area is 175 Å². The molecule has 3 aromatic heterocycles. The monoisotopic (exact) mass is 425 g/mol. The first-order chi connectivity index (χ1) is 14.0. The summed E-state index contributed by atoms with van der Waals surface area (Å²) in [6, 6.07) is 6.12. The zero-order chi connectivity index (χ0) is 20.5. The maximum Gasteiger partial charge on any atom is 0.263 e. The van der Waals surface area contributed by atoms with E-state index in [1.165, 1.54) is 39.1 Å². The van der Waals surface area contributed by atoms with Crippen LogP contribution in [0.2, 0.25) is 0 Å². The van der Waals surface area contributed by atoms with Crippen molar-refractivity contribution in [2.24, 2.45) is 0 Å². The molecule has 1 amide bonds. The van der Waals surface area contributed by atoms with Crippen LogP contribution in [0.1, 0.15) is 23.1 Å². The fourth-order valence-corrected chi connectivity index (χ4v) is 4.56. The van der Waals surface area contributed by atoms with Gasteiger partial charge in [0.05, 0.1) is 11.7 Å². The molecule has 4 aromatic rings. The molecule has 0 radical (unpaired) electrons. The fourth-order valence-electron chi connectivity index (χ4n) is 2.96. The van der Waals surface area contributed by atoms with Crippen molar-refractivity contribution in [1.82, 2.24) is 19.7 Å². The van der Waals surface area contributed by atoms with Crippen molar-refractivity contribution in [2.45, 2.75) is 33.7 Å². The molecule has 0 aliphatic heterocycles. The summed E-state index contributed by atoms with van der Waals surface area (Å²) in [4.78, 5) is 30.5. The van der Waals surface area contributed by atoms with Gasteiger partial charge >= 0.3 is 0 Å². The fraction of sp³-hybridized carbons (Fsp3) is 0.250. The Balaban J connectivity index is 1.65. The van der Waals surface area contributed by atoms with Gasteiger partial charge in [-0.25, -0.2) is 4.98 Å². The number of fused-ring (bicyclic) bond motifs is 1. The second kappa shape index (κ2) is 7.84. The average Bonchev–Trinajstić information content (AvgIpc) is 3.33. The summed E-state index contributed by atoms with van der Waals surface area (Å²) in [7, 11) is 0. The Hall–Kier alpha value is -2.91. The topological polar surface area (TPSA) is 89.8 Å². The van der Waals surface area contributed by atoms with Crippen molar-refractivity contribution in [3.05, 3.63) is 56.4 Å². The third kappa shape index (κ3) is 3.83. The molecule has 148 valence electrons. The molecule has 0 bridgehead atoms. The van der Waals surface area contributed by atoms with Gasteiger partial charge in [-0.3, -0.25) is 19.5 Å². The Morgan fingerprint density at radius 2 is 2.03 bits per heavy atom. The van der Waals surface area contributed by atoms with Crippen LogP contribution in [0.25, 0.3) is 21.3 Å². The SMILES string of the molecule is CCc1nnc(NC(=O)Cn2cnc3scc(-c4ccc(C)c(C)c4)c3c2=O)s1. The summed E-state index contributed by atoms with van der Waals surface area (Å²) in [6.07, 6.45) is 2.18. The number of carbonyl (C=O) groups excluding carboxylic acids is 1. The Bertz CT molecular complexity index is 1270. The van der Waals surface area contributed by atoms with Crippen molar-refractivity contribution >= 4 is 43.9 Å². The highest BCUT2D eigenvalue weighted by Gasteiger charge is 2.16. The Kier molecular flexibility index (Phi) is 5.25. The van der Waals surface area contributed by atoms with Gasteiger partial charge in [-0.1, -0.05) is 36.5 Å². The molecule has 0 saturated heterocycles. The summed E-state index contributed by atoms with van der Waals surface area (Å²) >= 11 is 2.75. The molecule has 29 heavy (non-hydrogen) atoms. The molecule has 9 heteroatoms. The molecular weight excluding hydrogens is 406 g/mol. The molecule has 0 fully saturated rings. The van der Waals surface area contributed by atoms with Crippen molar-refractivity contribution in [2.75, 3.05) is 5.32 Å². The molecule has 0 spiro atoms. The van der Waals surface area contributed by atoms with Gasteiger partial charge < -0.3 is 0 Å². The summed E-state index contributed by atoms with van der Waals surface area (Å²) in [5, 5.41) is 14.4. The number of aryl methyl sites for hydroxylation is 3. The highest BCUT2D eigenvalue weighted by molar-refractivity contribution is 7.17. The number of nitrogens with zero attached hydrogens (tertiary/aromatic N) is 4. The molecule has 0 unspecified atom stereocenters. The molecular formula is C20H19N5O2S2. The number of thiophene rings is 1. The second-order valence-electron chi connectivity index (χ2n) is 6.71. The van der Waals surface area contributed by atoms with E-state index in [1.54, 1.807) is 0 Å². The predicted octanol–water partition coefficient (Wildman–Crippen LogP) is 3.79. The first kappa shape index (κ1) is 19.4. The van der Waals surface area contributed by atoms with Crippen LogP contribution in [0.5, 0.6) is 0 Å². The lowest BCUT2D eigenvalue weighted by Crippen LogP contribution is -2.27. The van der Waals surface area contributed by atoms with Crippen molar-refractivity contribution < 1.29 is 4.79 Å². The van der Waals surface area contributed by atoms with E-state index in [0.717, 1.165) is 28.1 Å². The van der Waals surface area contributed by atoms with Gasteiger partial charge in [0, 0.05) is 10.9 Å². The molecule has 1 aromatic carbocycles. The largest absolute Gasteiger partial charge is 0.299 e. The van der Waals surface area contributed by atoms with E-state index in [0.29, 0.717) is 15.3 Å². The minimum absolute atomic E-state index is 0.134. The van der Waals surface area contributed by atoms with E-state index < -0.39 is 0 Å². The number of rotatable bonds is 5. The number of anilines is 1. The third-order valence-corrected chi connectivity index (χ3v) is 6.58. The molecule has 0 saturated carbocycles. The molecule has 0 aliphatic carbocycles. The maximum atomic E-state index is 13.1. The number of aromatic nitrogens is 4. The van der Waals surface area contributed by atoms with Crippen LogP contribution in [0.15, 0.2) is 34.7 Å². The average molecular weight is 426 g/mol. The Morgan fingerprint density at radius 3 is 2.76 bits per heavy atom. The van der Waals surface area contributed by atoms with E-state index in [2.05, 4.69) is 33.5 Å². The molecule has 1 N–H and O–H groups in total. The first-order valence-corrected chi connectivity index (χ1v) is 10.8. The lowest BCUT2D eigenvalue weighted by Gasteiger charge is -2.07. The number of carbonyl (C=O) groups is 1.